The summed E-state index contributed by atoms with van der Waals surface area (Å²) >= 11 is 0. The van der Waals surface area contributed by atoms with E-state index in [2.05, 4.69) is 0 Å². The molecule has 0 bridgehead atoms. The van der Waals surface area contributed by atoms with Gasteiger partial charge in [0.2, 0.25) is 0 Å². The van der Waals surface area contributed by atoms with Gasteiger partial charge in [0.1, 0.15) is 0 Å². The molecule has 2 aliphatic rings. The van der Waals surface area contributed by atoms with E-state index in [4.69, 9.17) is 9.47 Å². The molecule has 1 saturated carbocycles. The molecule has 2 unspecified atom stereocenters. The average molecular weight is 324 g/mol. The highest BCUT2D eigenvalue weighted by Gasteiger charge is 2.58. The van der Waals surface area contributed by atoms with Gasteiger partial charge in [-0.2, -0.15) is 0 Å². The molecule has 0 amide bonds. The Morgan fingerprint density at radius 1 is 1.05 bits per heavy atom. The molecular weight excluding hydrogens is 300 g/mol. The van der Waals surface area contributed by atoms with Gasteiger partial charge in [0.05, 0.1) is 23.4 Å². The fourth-order valence-corrected chi connectivity index (χ4v) is 6.63. The van der Waals surface area contributed by atoms with Crippen LogP contribution in [-0.2, 0) is 19.3 Å². The summed E-state index contributed by atoms with van der Waals surface area (Å²) in [7, 11) is -3.44. The van der Waals surface area contributed by atoms with Crippen LogP contribution < -0.4 is 0 Å². The van der Waals surface area contributed by atoms with Gasteiger partial charge in [0, 0.05) is 12.3 Å². The first-order valence-electron chi connectivity index (χ1n) is 7.86. The van der Waals surface area contributed by atoms with Crippen molar-refractivity contribution in [3.63, 3.8) is 0 Å². The highest BCUT2D eigenvalue weighted by molar-refractivity contribution is 7.92. The lowest BCUT2D eigenvalue weighted by Crippen LogP contribution is -2.56. The summed E-state index contributed by atoms with van der Waals surface area (Å²) in [4.78, 5) is 0.384. The minimum absolute atomic E-state index is 0.205. The van der Waals surface area contributed by atoms with E-state index in [1.807, 2.05) is 26.8 Å². The molecular formula is C17H24O4S. The van der Waals surface area contributed by atoms with Crippen molar-refractivity contribution in [3.05, 3.63) is 30.3 Å². The zero-order valence-electron chi connectivity index (χ0n) is 13.4. The van der Waals surface area contributed by atoms with Gasteiger partial charge in [-0.25, -0.2) is 8.42 Å². The standard InChI is InChI=1S/C17H24O4S/c1-13-15(22(18,19)14-7-5-4-6-8-14)16(2,3)9-10-17(13)20-11-12-21-17/h4-8,13,15H,9-12H2,1-3H3. The highest BCUT2D eigenvalue weighted by atomic mass is 32.2. The second-order valence-corrected chi connectivity index (χ2v) is 9.13. The van der Waals surface area contributed by atoms with E-state index < -0.39 is 20.9 Å². The molecule has 1 aromatic carbocycles. The second kappa shape index (κ2) is 5.32. The van der Waals surface area contributed by atoms with Crippen molar-refractivity contribution in [1.29, 1.82) is 0 Å². The van der Waals surface area contributed by atoms with Crippen molar-refractivity contribution in [1.82, 2.24) is 0 Å². The number of benzene rings is 1. The zero-order chi connectivity index (χ0) is 16.0. The van der Waals surface area contributed by atoms with E-state index in [-0.39, 0.29) is 11.3 Å². The maximum Gasteiger partial charge on any atom is 0.182 e. The van der Waals surface area contributed by atoms with E-state index in [9.17, 15) is 8.42 Å². The smallest absolute Gasteiger partial charge is 0.182 e. The van der Waals surface area contributed by atoms with Gasteiger partial charge in [-0.1, -0.05) is 39.0 Å². The van der Waals surface area contributed by atoms with Crippen molar-refractivity contribution < 1.29 is 17.9 Å². The largest absolute Gasteiger partial charge is 0.347 e. The maximum atomic E-state index is 13.2. The van der Waals surface area contributed by atoms with Crippen LogP contribution >= 0.6 is 0 Å². The van der Waals surface area contributed by atoms with E-state index in [1.54, 1.807) is 24.3 Å². The Balaban J connectivity index is 2.05. The zero-order valence-corrected chi connectivity index (χ0v) is 14.2. The number of sulfone groups is 1. The number of rotatable bonds is 2. The van der Waals surface area contributed by atoms with Crippen LogP contribution in [0.1, 0.15) is 33.6 Å². The van der Waals surface area contributed by atoms with Gasteiger partial charge in [0.25, 0.3) is 0 Å². The summed E-state index contributed by atoms with van der Waals surface area (Å²) in [6.45, 7) is 7.12. The molecule has 122 valence electrons. The predicted molar refractivity (Wildman–Crippen MR) is 84.2 cm³/mol. The highest BCUT2D eigenvalue weighted by Crippen LogP contribution is 2.51. The number of hydrogen-bond donors (Lipinski definition) is 0. The third-order valence-electron chi connectivity index (χ3n) is 5.22. The summed E-state index contributed by atoms with van der Waals surface area (Å²) in [5.41, 5.74) is -0.311. The Bertz CT molecular complexity index is 630. The van der Waals surface area contributed by atoms with Crippen LogP contribution in [0.15, 0.2) is 35.2 Å². The summed E-state index contributed by atoms with van der Waals surface area (Å²) in [5, 5.41) is -0.519. The molecule has 0 radical (unpaired) electrons. The third-order valence-corrected chi connectivity index (χ3v) is 7.86. The molecule has 0 aromatic heterocycles. The van der Waals surface area contributed by atoms with Crippen molar-refractivity contribution in [2.24, 2.45) is 11.3 Å². The molecule has 1 spiro atoms. The first kappa shape index (κ1) is 16.0. The molecule has 0 N–H and O–H groups in total. The van der Waals surface area contributed by atoms with Crippen LogP contribution in [0.3, 0.4) is 0 Å². The topological polar surface area (TPSA) is 52.6 Å². The molecule has 5 heteroatoms. The molecule has 1 aliphatic heterocycles. The van der Waals surface area contributed by atoms with Crippen LogP contribution in [0.4, 0.5) is 0 Å². The van der Waals surface area contributed by atoms with Gasteiger partial charge in [-0.05, 0) is 24.0 Å². The molecule has 22 heavy (non-hydrogen) atoms. The van der Waals surface area contributed by atoms with E-state index >= 15 is 0 Å². The minimum Gasteiger partial charge on any atom is -0.347 e. The maximum absolute atomic E-state index is 13.2. The first-order valence-corrected chi connectivity index (χ1v) is 9.41. The summed E-state index contributed by atoms with van der Waals surface area (Å²) in [6, 6.07) is 8.72. The Labute approximate surface area is 132 Å². The molecule has 1 heterocycles. The van der Waals surface area contributed by atoms with Crippen LogP contribution in [0.2, 0.25) is 0 Å². The Morgan fingerprint density at radius 2 is 1.64 bits per heavy atom. The SMILES string of the molecule is CC1C(S(=O)(=O)c2ccccc2)C(C)(C)CCC12OCCO2. The molecule has 3 rings (SSSR count). The molecule has 2 fully saturated rings. The predicted octanol–water partition coefficient (Wildman–Crippen LogP) is 3.03. The van der Waals surface area contributed by atoms with Gasteiger partial charge in [0.15, 0.2) is 15.6 Å². The number of ether oxygens (including phenoxy) is 2. The fraction of sp³-hybridized carbons (Fsp3) is 0.647. The van der Waals surface area contributed by atoms with Gasteiger partial charge in [-0.3, -0.25) is 0 Å². The third kappa shape index (κ3) is 2.39. The molecule has 1 saturated heterocycles. The van der Waals surface area contributed by atoms with Gasteiger partial charge < -0.3 is 9.47 Å². The quantitative estimate of drug-likeness (QED) is 0.839. The van der Waals surface area contributed by atoms with Gasteiger partial charge in [-0.15, -0.1) is 0 Å². The van der Waals surface area contributed by atoms with Crippen LogP contribution in [0, 0.1) is 11.3 Å². The van der Waals surface area contributed by atoms with Crippen LogP contribution in [0.5, 0.6) is 0 Å². The van der Waals surface area contributed by atoms with Crippen molar-refractivity contribution in [3.8, 4) is 0 Å². The summed E-state index contributed by atoms with van der Waals surface area (Å²) < 4.78 is 38.2. The lowest BCUT2D eigenvalue weighted by Gasteiger charge is -2.49. The van der Waals surface area contributed by atoms with Crippen LogP contribution in [-0.4, -0.2) is 32.7 Å². The lowest BCUT2D eigenvalue weighted by atomic mass is 9.69. The molecule has 2 atom stereocenters. The normalized spacial score (nSPS) is 30.5. The first-order chi connectivity index (χ1) is 10.3. The monoisotopic (exact) mass is 324 g/mol. The lowest BCUT2D eigenvalue weighted by molar-refractivity contribution is -0.219. The summed E-state index contributed by atoms with van der Waals surface area (Å²) in [6.07, 6.45) is 1.52. The Morgan fingerprint density at radius 3 is 2.23 bits per heavy atom. The molecule has 1 aliphatic carbocycles. The number of hydrogen-bond acceptors (Lipinski definition) is 4. The van der Waals surface area contributed by atoms with Gasteiger partial charge >= 0.3 is 0 Å². The molecule has 1 aromatic rings. The fourth-order valence-electron chi connectivity index (χ4n) is 4.10. The van der Waals surface area contributed by atoms with E-state index in [1.165, 1.54) is 0 Å². The average Bonchev–Trinajstić information content (AvgIpc) is 2.94. The van der Waals surface area contributed by atoms with Crippen molar-refractivity contribution >= 4 is 9.84 Å². The van der Waals surface area contributed by atoms with Crippen molar-refractivity contribution in [2.45, 2.75) is 49.5 Å². The Kier molecular flexibility index (Phi) is 3.86. The van der Waals surface area contributed by atoms with E-state index in [0.29, 0.717) is 18.1 Å². The van der Waals surface area contributed by atoms with Crippen LogP contribution in [0.25, 0.3) is 0 Å². The van der Waals surface area contributed by atoms with E-state index in [0.717, 1.165) is 12.8 Å². The minimum atomic E-state index is -3.44. The Hall–Kier alpha value is -0.910. The van der Waals surface area contributed by atoms with Crippen molar-refractivity contribution in [2.75, 3.05) is 13.2 Å². The second-order valence-electron chi connectivity index (χ2n) is 7.06. The molecule has 4 nitrogen and oxygen atoms in total. The summed E-state index contributed by atoms with van der Waals surface area (Å²) in [5.74, 6) is -0.939.